The molecule has 4 nitrogen and oxygen atoms in total. The second-order valence-electron chi connectivity index (χ2n) is 5.84. The summed E-state index contributed by atoms with van der Waals surface area (Å²) in [7, 11) is 0. The molecule has 1 aromatic rings. The first-order chi connectivity index (χ1) is 9.74. The number of carbonyl (C=O) groups is 1. The molecule has 0 saturated heterocycles. The van der Waals surface area contributed by atoms with Crippen LogP contribution in [0.3, 0.4) is 0 Å². The Kier molecular flexibility index (Phi) is 4.03. The van der Waals surface area contributed by atoms with Gasteiger partial charge in [-0.05, 0) is 44.7 Å². The summed E-state index contributed by atoms with van der Waals surface area (Å²) in [4.78, 5) is 12.0. The number of hydrogen-bond acceptors (Lipinski definition) is 3. The minimum Gasteiger partial charge on any atom is -0.381 e. The summed E-state index contributed by atoms with van der Waals surface area (Å²) in [5.41, 5.74) is 3.18. The molecule has 4 heteroatoms. The van der Waals surface area contributed by atoms with E-state index in [1.807, 2.05) is 19.1 Å². The van der Waals surface area contributed by atoms with Crippen molar-refractivity contribution in [2.24, 2.45) is 5.92 Å². The Morgan fingerprint density at radius 2 is 2.25 bits per heavy atom. The van der Waals surface area contributed by atoms with Gasteiger partial charge in [0.1, 0.15) is 6.04 Å². The van der Waals surface area contributed by atoms with Gasteiger partial charge in [-0.2, -0.15) is 0 Å². The molecule has 2 aliphatic rings. The average molecular weight is 274 g/mol. The van der Waals surface area contributed by atoms with Crippen LogP contribution in [0.25, 0.3) is 0 Å². The summed E-state index contributed by atoms with van der Waals surface area (Å²) in [5, 5.41) is 6.24. The molecule has 0 radical (unpaired) electrons. The molecule has 1 saturated carbocycles. The normalized spacial score (nSPS) is 20.9. The molecule has 1 amide bonds. The van der Waals surface area contributed by atoms with Crippen LogP contribution in [0.1, 0.15) is 36.4 Å². The van der Waals surface area contributed by atoms with E-state index in [4.69, 9.17) is 4.74 Å². The fraction of sp³-hybridized carbons (Fsp3) is 0.562. The van der Waals surface area contributed by atoms with Crippen LogP contribution in [0.4, 0.5) is 5.69 Å². The fourth-order valence-corrected chi connectivity index (χ4v) is 2.54. The van der Waals surface area contributed by atoms with E-state index >= 15 is 0 Å². The molecule has 0 aromatic heterocycles. The van der Waals surface area contributed by atoms with Crippen LogP contribution in [-0.2, 0) is 9.53 Å². The van der Waals surface area contributed by atoms with Gasteiger partial charge in [0.2, 0.25) is 5.91 Å². The lowest BCUT2D eigenvalue weighted by Gasteiger charge is -2.12. The molecule has 20 heavy (non-hydrogen) atoms. The quantitative estimate of drug-likeness (QED) is 0.751. The maximum atomic E-state index is 12.0. The molecule has 1 atom stereocenters. The lowest BCUT2D eigenvalue weighted by atomic mass is 10.1. The van der Waals surface area contributed by atoms with Crippen LogP contribution in [0, 0.1) is 12.8 Å². The highest BCUT2D eigenvalue weighted by Gasteiger charge is 2.29. The first kappa shape index (κ1) is 13.6. The number of rotatable bonds is 7. The molecule has 1 aliphatic heterocycles. The van der Waals surface area contributed by atoms with Crippen molar-refractivity contribution in [3.05, 3.63) is 29.3 Å². The third kappa shape index (κ3) is 3.19. The number of anilines is 1. The van der Waals surface area contributed by atoms with E-state index in [-0.39, 0.29) is 11.9 Å². The van der Waals surface area contributed by atoms with Crippen LogP contribution in [0.15, 0.2) is 18.2 Å². The van der Waals surface area contributed by atoms with Crippen molar-refractivity contribution in [1.29, 1.82) is 0 Å². The van der Waals surface area contributed by atoms with E-state index in [0.29, 0.717) is 0 Å². The summed E-state index contributed by atoms with van der Waals surface area (Å²) in [5.74, 6) is 0.864. The van der Waals surface area contributed by atoms with Crippen LogP contribution in [0.2, 0.25) is 0 Å². The fourth-order valence-electron chi connectivity index (χ4n) is 2.54. The topological polar surface area (TPSA) is 50.4 Å². The SMILES string of the molecule is Cc1ccc2c(c1)C(NCCCOCC1CC1)C(=O)N2. The number of aryl methyl sites for hydroxylation is 1. The predicted octanol–water partition coefficient (Wildman–Crippen LogP) is 2.39. The van der Waals surface area contributed by atoms with Crippen molar-refractivity contribution in [2.45, 2.75) is 32.2 Å². The number of benzene rings is 1. The first-order valence-corrected chi connectivity index (χ1v) is 7.46. The molecule has 1 unspecified atom stereocenters. The van der Waals surface area contributed by atoms with Crippen molar-refractivity contribution in [3.63, 3.8) is 0 Å². The zero-order chi connectivity index (χ0) is 13.9. The molecular formula is C16H22N2O2. The molecule has 1 fully saturated rings. The Morgan fingerprint density at radius 3 is 3.05 bits per heavy atom. The van der Waals surface area contributed by atoms with Gasteiger partial charge in [0, 0.05) is 24.5 Å². The molecule has 3 rings (SSSR count). The largest absolute Gasteiger partial charge is 0.381 e. The Balaban J connectivity index is 1.45. The summed E-state index contributed by atoms with van der Waals surface area (Å²) in [6.07, 6.45) is 3.60. The van der Waals surface area contributed by atoms with E-state index in [1.54, 1.807) is 0 Å². The zero-order valence-corrected chi connectivity index (χ0v) is 11.9. The van der Waals surface area contributed by atoms with Gasteiger partial charge in [0.05, 0.1) is 0 Å². The maximum absolute atomic E-state index is 12.0. The Labute approximate surface area is 119 Å². The van der Waals surface area contributed by atoms with Gasteiger partial charge in [-0.25, -0.2) is 0 Å². The number of nitrogens with one attached hydrogen (secondary N) is 2. The van der Waals surface area contributed by atoms with E-state index in [9.17, 15) is 4.79 Å². The number of ether oxygens (including phenoxy) is 1. The zero-order valence-electron chi connectivity index (χ0n) is 11.9. The smallest absolute Gasteiger partial charge is 0.246 e. The summed E-state index contributed by atoms with van der Waals surface area (Å²) >= 11 is 0. The van der Waals surface area contributed by atoms with Gasteiger partial charge in [-0.1, -0.05) is 17.7 Å². The van der Waals surface area contributed by atoms with Crippen molar-refractivity contribution in [2.75, 3.05) is 25.1 Å². The number of hydrogen-bond donors (Lipinski definition) is 2. The third-order valence-corrected chi connectivity index (χ3v) is 3.90. The van der Waals surface area contributed by atoms with Gasteiger partial charge in [0.15, 0.2) is 0 Å². The summed E-state index contributed by atoms with van der Waals surface area (Å²) in [6.45, 7) is 4.53. The summed E-state index contributed by atoms with van der Waals surface area (Å²) < 4.78 is 5.60. The molecule has 1 heterocycles. The van der Waals surface area contributed by atoms with E-state index in [1.165, 1.54) is 18.4 Å². The molecule has 0 spiro atoms. The van der Waals surface area contributed by atoms with Crippen LogP contribution in [0.5, 0.6) is 0 Å². The monoisotopic (exact) mass is 274 g/mol. The number of amides is 1. The highest BCUT2D eigenvalue weighted by Crippen LogP contribution is 2.31. The van der Waals surface area contributed by atoms with Gasteiger partial charge in [-0.3, -0.25) is 4.79 Å². The van der Waals surface area contributed by atoms with E-state index in [2.05, 4.69) is 16.7 Å². The van der Waals surface area contributed by atoms with E-state index in [0.717, 1.165) is 43.3 Å². The standard InChI is InChI=1S/C16H22N2O2/c1-11-3-6-14-13(9-11)15(16(19)18-14)17-7-2-8-20-10-12-4-5-12/h3,6,9,12,15,17H,2,4-5,7-8,10H2,1H3,(H,18,19). The number of carbonyl (C=O) groups excluding carboxylic acids is 1. The van der Waals surface area contributed by atoms with Gasteiger partial charge in [-0.15, -0.1) is 0 Å². The Morgan fingerprint density at radius 1 is 1.40 bits per heavy atom. The molecule has 0 bridgehead atoms. The molecule has 1 aromatic carbocycles. The van der Waals surface area contributed by atoms with Crippen molar-refractivity contribution >= 4 is 11.6 Å². The molecular weight excluding hydrogens is 252 g/mol. The van der Waals surface area contributed by atoms with Crippen LogP contribution in [-0.4, -0.2) is 25.7 Å². The van der Waals surface area contributed by atoms with Crippen LogP contribution >= 0.6 is 0 Å². The predicted molar refractivity (Wildman–Crippen MR) is 78.7 cm³/mol. The van der Waals surface area contributed by atoms with Crippen molar-refractivity contribution in [3.8, 4) is 0 Å². The lowest BCUT2D eigenvalue weighted by molar-refractivity contribution is -0.117. The average Bonchev–Trinajstić information content (AvgIpc) is 3.19. The summed E-state index contributed by atoms with van der Waals surface area (Å²) in [6, 6.07) is 5.86. The third-order valence-electron chi connectivity index (χ3n) is 3.90. The van der Waals surface area contributed by atoms with Gasteiger partial charge in [0.25, 0.3) is 0 Å². The maximum Gasteiger partial charge on any atom is 0.246 e. The van der Waals surface area contributed by atoms with E-state index < -0.39 is 0 Å². The van der Waals surface area contributed by atoms with Crippen molar-refractivity contribution in [1.82, 2.24) is 5.32 Å². The van der Waals surface area contributed by atoms with Crippen LogP contribution < -0.4 is 10.6 Å². The lowest BCUT2D eigenvalue weighted by Crippen LogP contribution is -2.28. The second-order valence-corrected chi connectivity index (χ2v) is 5.84. The highest BCUT2D eigenvalue weighted by atomic mass is 16.5. The Hall–Kier alpha value is -1.39. The minimum absolute atomic E-state index is 0.0458. The molecule has 108 valence electrons. The highest BCUT2D eigenvalue weighted by molar-refractivity contribution is 6.02. The Bertz CT molecular complexity index is 497. The molecule has 2 N–H and O–H groups in total. The first-order valence-electron chi connectivity index (χ1n) is 7.46. The second kappa shape index (κ2) is 5.94. The van der Waals surface area contributed by atoms with Gasteiger partial charge >= 0.3 is 0 Å². The molecule has 1 aliphatic carbocycles. The van der Waals surface area contributed by atoms with Gasteiger partial charge < -0.3 is 15.4 Å². The van der Waals surface area contributed by atoms with Crippen molar-refractivity contribution < 1.29 is 9.53 Å². The number of fused-ring (bicyclic) bond motifs is 1. The minimum atomic E-state index is -0.215.